The molecule has 0 aromatic heterocycles. The van der Waals surface area contributed by atoms with Gasteiger partial charge < -0.3 is 10.2 Å². The summed E-state index contributed by atoms with van der Waals surface area (Å²) in [6, 6.07) is 6.50. The van der Waals surface area contributed by atoms with E-state index in [0.29, 0.717) is 12.1 Å². The van der Waals surface area contributed by atoms with Crippen molar-refractivity contribution >= 4 is 5.69 Å². The van der Waals surface area contributed by atoms with Crippen molar-refractivity contribution in [3.63, 3.8) is 0 Å². The lowest BCUT2D eigenvalue weighted by Crippen LogP contribution is -2.55. The normalized spacial score (nSPS) is 27.4. The number of halogens is 3. The molecule has 0 bridgehead atoms. The van der Waals surface area contributed by atoms with Crippen LogP contribution in [-0.4, -0.2) is 25.2 Å². The molecule has 2 nitrogen and oxygen atoms in total. The molecule has 1 aromatic carbocycles. The first-order valence-electron chi connectivity index (χ1n) is 6.73. The van der Waals surface area contributed by atoms with Crippen LogP contribution in [0, 0.1) is 0 Å². The maximum absolute atomic E-state index is 12.6. The number of alkyl halides is 3. The molecule has 2 fully saturated rings. The summed E-state index contributed by atoms with van der Waals surface area (Å²) in [4.78, 5) is 2.26. The molecule has 19 heavy (non-hydrogen) atoms. The molecule has 1 aliphatic heterocycles. The van der Waals surface area contributed by atoms with E-state index in [0.717, 1.165) is 25.2 Å². The predicted octanol–water partition coefficient (Wildman–Crippen LogP) is 3.04. The van der Waals surface area contributed by atoms with Gasteiger partial charge in [-0.05, 0) is 43.5 Å². The lowest BCUT2D eigenvalue weighted by molar-refractivity contribution is -0.137. The zero-order chi connectivity index (χ0) is 13.5. The summed E-state index contributed by atoms with van der Waals surface area (Å²) < 4.78 is 37.7. The molecule has 3 rings (SSSR count). The number of nitrogens with zero attached hydrogens (tertiary/aromatic N) is 1. The predicted molar refractivity (Wildman–Crippen MR) is 68.2 cm³/mol. The monoisotopic (exact) mass is 270 g/mol. The number of anilines is 1. The third kappa shape index (κ3) is 2.43. The minimum atomic E-state index is -4.25. The fraction of sp³-hybridized carbons (Fsp3) is 0.571. The fourth-order valence-corrected chi connectivity index (χ4v) is 3.25. The quantitative estimate of drug-likeness (QED) is 0.844. The lowest BCUT2D eigenvalue weighted by Gasteiger charge is -2.40. The van der Waals surface area contributed by atoms with Crippen LogP contribution in [-0.2, 0) is 6.18 Å². The minimum Gasteiger partial charge on any atom is -0.366 e. The summed E-state index contributed by atoms with van der Waals surface area (Å²) in [5.41, 5.74) is 0.334. The number of hydrogen-bond donors (Lipinski definition) is 1. The average molecular weight is 270 g/mol. The number of fused-ring (bicyclic) bond motifs is 1. The van der Waals surface area contributed by atoms with Gasteiger partial charge >= 0.3 is 6.18 Å². The summed E-state index contributed by atoms with van der Waals surface area (Å²) in [6.45, 7) is 1.77. The highest BCUT2D eigenvalue weighted by atomic mass is 19.4. The summed E-state index contributed by atoms with van der Waals surface area (Å²) in [5.74, 6) is 0. The standard InChI is InChI=1S/C14H17F3N2/c15-14(16,17)10-4-6-11(7-5-10)19-9-8-18-12-2-1-3-13(12)19/h4-7,12-13,18H,1-3,8-9H2/t12-,13+/m0/s1. The molecule has 104 valence electrons. The fourth-order valence-electron chi connectivity index (χ4n) is 3.25. The van der Waals surface area contributed by atoms with E-state index in [-0.39, 0.29) is 0 Å². The van der Waals surface area contributed by atoms with Crippen LogP contribution >= 0.6 is 0 Å². The number of rotatable bonds is 1. The molecule has 1 saturated heterocycles. The van der Waals surface area contributed by atoms with Gasteiger partial charge in [0.1, 0.15) is 0 Å². The Labute approximate surface area is 110 Å². The molecule has 2 aliphatic rings. The van der Waals surface area contributed by atoms with Gasteiger partial charge in [-0.1, -0.05) is 0 Å². The highest BCUT2D eigenvalue weighted by Gasteiger charge is 2.35. The van der Waals surface area contributed by atoms with Crippen LogP contribution in [0.3, 0.4) is 0 Å². The molecule has 1 saturated carbocycles. The third-order valence-electron chi connectivity index (χ3n) is 4.17. The molecule has 0 unspecified atom stereocenters. The maximum atomic E-state index is 12.6. The van der Waals surface area contributed by atoms with Crippen molar-refractivity contribution < 1.29 is 13.2 Å². The van der Waals surface area contributed by atoms with E-state index in [2.05, 4.69) is 10.2 Å². The van der Waals surface area contributed by atoms with Crippen molar-refractivity contribution in [2.45, 2.75) is 37.5 Å². The van der Waals surface area contributed by atoms with Gasteiger partial charge in [-0.15, -0.1) is 0 Å². The minimum absolute atomic E-state index is 0.436. The molecular weight excluding hydrogens is 253 g/mol. The van der Waals surface area contributed by atoms with Crippen LogP contribution in [0.5, 0.6) is 0 Å². The largest absolute Gasteiger partial charge is 0.416 e. The van der Waals surface area contributed by atoms with Crippen LogP contribution in [0.15, 0.2) is 24.3 Å². The average Bonchev–Trinajstić information content (AvgIpc) is 2.86. The Bertz CT molecular complexity index is 441. The molecule has 0 amide bonds. The first-order valence-corrected chi connectivity index (χ1v) is 6.73. The van der Waals surface area contributed by atoms with Crippen LogP contribution in [0.1, 0.15) is 24.8 Å². The van der Waals surface area contributed by atoms with Crippen molar-refractivity contribution in [1.82, 2.24) is 5.32 Å². The van der Waals surface area contributed by atoms with Gasteiger partial charge in [-0.25, -0.2) is 0 Å². The summed E-state index contributed by atoms with van der Waals surface area (Å²) in [7, 11) is 0. The zero-order valence-corrected chi connectivity index (χ0v) is 10.6. The molecular formula is C14H17F3N2. The van der Waals surface area contributed by atoms with Crippen molar-refractivity contribution in [3.8, 4) is 0 Å². The maximum Gasteiger partial charge on any atom is 0.416 e. The van der Waals surface area contributed by atoms with Crippen LogP contribution in [0.2, 0.25) is 0 Å². The Balaban J connectivity index is 1.82. The van der Waals surface area contributed by atoms with Gasteiger partial charge in [-0.2, -0.15) is 13.2 Å². The van der Waals surface area contributed by atoms with E-state index < -0.39 is 11.7 Å². The SMILES string of the molecule is FC(F)(F)c1ccc(N2CCN[C@H]3CCC[C@H]32)cc1. The molecule has 1 aromatic rings. The van der Waals surface area contributed by atoms with E-state index in [1.165, 1.54) is 25.0 Å². The zero-order valence-electron chi connectivity index (χ0n) is 10.6. The van der Waals surface area contributed by atoms with Crippen LogP contribution < -0.4 is 10.2 Å². The third-order valence-corrected chi connectivity index (χ3v) is 4.17. The lowest BCUT2D eigenvalue weighted by atomic mass is 10.1. The van der Waals surface area contributed by atoms with E-state index in [9.17, 15) is 13.2 Å². The van der Waals surface area contributed by atoms with E-state index in [1.54, 1.807) is 12.1 Å². The topological polar surface area (TPSA) is 15.3 Å². The van der Waals surface area contributed by atoms with E-state index in [1.807, 2.05) is 0 Å². The van der Waals surface area contributed by atoms with Gasteiger partial charge in [0.25, 0.3) is 0 Å². The second-order valence-corrected chi connectivity index (χ2v) is 5.30. The Morgan fingerprint density at radius 3 is 2.53 bits per heavy atom. The molecule has 1 N–H and O–H groups in total. The summed E-state index contributed by atoms with van der Waals surface area (Å²) >= 11 is 0. The van der Waals surface area contributed by atoms with Crippen molar-refractivity contribution in [2.24, 2.45) is 0 Å². The van der Waals surface area contributed by atoms with E-state index >= 15 is 0 Å². The first kappa shape index (κ1) is 12.8. The Kier molecular flexibility index (Phi) is 3.17. The van der Waals surface area contributed by atoms with Gasteiger partial charge in [0, 0.05) is 30.9 Å². The van der Waals surface area contributed by atoms with E-state index in [4.69, 9.17) is 0 Å². The van der Waals surface area contributed by atoms with Crippen molar-refractivity contribution in [1.29, 1.82) is 0 Å². The smallest absolute Gasteiger partial charge is 0.366 e. The molecule has 2 atom stereocenters. The second-order valence-electron chi connectivity index (χ2n) is 5.30. The van der Waals surface area contributed by atoms with Crippen molar-refractivity contribution in [2.75, 3.05) is 18.0 Å². The highest BCUT2D eigenvalue weighted by Crippen LogP contribution is 2.33. The number of piperazine rings is 1. The van der Waals surface area contributed by atoms with Gasteiger partial charge in [0.15, 0.2) is 0 Å². The molecule has 1 aliphatic carbocycles. The Hall–Kier alpha value is -1.23. The number of nitrogens with one attached hydrogen (secondary N) is 1. The summed E-state index contributed by atoms with van der Waals surface area (Å²) in [6.07, 6.45) is -0.766. The van der Waals surface area contributed by atoms with Crippen LogP contribution in [0.25, 0.3) is 0 Å². The summed E-state index contributed by atoms with van der Waals surface area (Å²) in [5, 5.41) is 3.49. The van der Waals surface area contributed by atoms with Gasteiger partial charge in [-0.3, -0.25) is 0 Å². The second kappa shape index (κ2) is 4.71. The number of benzene rings is 1. The number of hydrogen-bond acceptors (Lipinski definition) is 2. The first-order chi connectivity index (χ1) is 9.05. The van der Waals surface area contributed by atoms with Crippen LogP contribution in [0.4, 0.5) is 18.9 Å². The van der Waals surface area contributed by atoms with Gasteiger partial charge in [0.2, 0.25) is 0 Å². The molecule has 0 radical (unpaired) electrons. The van der Waals surface area contributed by atoms with Gasteiger partial charge in [0.05, 0.1) is 5.56 Å². The molecule has 0 spiro atoms. The Morgan fingerprint density at radius 2 is 1.84 bits per heavy atom. The van der Waals surface area contributed by atoms with Crippen molar-refractivity contribution in [3.05, 3.63) is 29.8 Å². The molecule has 5 heteroatoms. The highest BCUT2D eigenvalue weighted by molar-refractivity contribution is 5.50. The Morgan fingerprint density at radius 1 is 1.11 bits per heavy atom. The molecule has 1 heterocycles.